The molecule has 1 aliphatic heterocycles. The number of carbonyl (C=O) groups is 1. The quantitative estimate of drug-likeness (QED) is 0.217. The lowest BCUT2D eigenvalue weighted by molar-refractivity contribution is -0.113. The second kappa shape index (κ2) is 11.4. The second-order valence-electron chi connectivity index (χ2n) is 7.39. The van der Waals surface area contributed by atoms with Crippen LogP contribution < -0.4 is 19.1 Å². The van der Waals surface area contributed by atoms with Crippen molar-refractivity contribution in [1.29, 1.82) is 0 Å². The smallest absolute Gasteiger partial charge is 0.270 e. The van der Waals surface area contributed by atoms with Gasteiger partial charge in [0.25, 0.3) is 5.91 Å². The summed E-state index contributed by atoms with van der Waals surface area (Å²) in [5.74, 6) is 1.42. The molecule has 5 nitrogen and oxygen atoms in total. The third-order valence-electron chi connectivity index (χ3n) is 5.05. The van der Waals surface area contributed by atoms with Gasteiger partial charge >= 0.3 is 0 Å². The van der Waals surface area contributed by atoms with E-state index in [1.54, 1.807) is 61.7 Å². The zero-order valence-corrected chi connectivity index (χ0v) is 22.1. The molecule has 0 atom stereocenters. The molecule has 0 bridgehead atoms. The van der Waals surface area contributed by atoms with E-state index in [4.69, 9.17) is 49.6 Å². The summed E-state index contributed by atoms with van der Waals surface area (Å²) >= 11 is 19.2. The van der Waals surface area contributed by atoms with Crippen molar-refractivity contribution in [1.82, 2.24) is 0 Å². The highest BCUT2D eigenvalue weighted by atomic mass is 35.5. The van der Waals surface area contributed by atoms with Gasteiger partial charge in [-0.2, -0.15) is 0 Å². The molecule has 1 aliphatic rings. The Hall–Kier alpha value is -2.71. The number of thioether (sulfide) groups is 1. The molecule has 180 valence electrons. The molecule has 3 aromatic carbocycles. The van der Waals surface area contributed by atoms with Crippen LogP contribution in [-0.2, 0) is 11.4 Å². The zero-order valence-electron chi connectivity index (χ0n) is 18.9. The summed E-state index contributed by atoms with van der Waals surface area (Å²) in [6.45, 7) is 2.61. The highest BCUT2D eigenvalue weighted by molar-refractivity contribution is 8.27. The number of thiocarbonyl (C=S) groups is 1. The van der Waals surface area contributed by atoms with Crippen LogP contribution in [0.25, 0.3) is 6.08 Å². The number of hydrogen-bond donors (Lipinski definition) is 0. The first-order valence-corrected chi connectivity index (χ1v) is 12.6. The summed E-state index contributed by atoms with van der Waals surface area (Å²) in [6.07, 6.45) is 1.75. The van der Waals surface area contributed by atoms with Crippen molar-refractivity contribution in [2.75, 3.05) is 18.6 Å². The Morgan fingerprint density at radius 1 is 1.03 bits per heavy atom. The molecule has 1 heterocycles. The van der Waals surface area contributed by atoms with Gasteiger partial charge in [-0.25, -0.2) is 0 Å². The molecule has 0 saturated carbocycles. The lowest BCUT2D eigenvalue weighted by Crippen LogP contribution is -2.27. The molecule has 0 radical (unpaired) electrons. The molecule has 1 saturated heterocycles. The summed E-state index contributed by atoms with van der Waals surface area (Å²) in [6, 6.07) is 18.1. The molecule has 1 amide bonds. The molecule has 0 N–H and O–H groups in total. The standard InChI is InChI=1S/C26H21Cl2NO4S2/c1-3-32-22-13-17(12-21(28)24(22)33-15-16-4-6-18(27)7-5-16)14-23-25(30)29(26(34)35-23)19-8-10-20(31-2)11-9-19/h4-14H,3,15H2,1-2H3/b23-14-. The third kappa shape index (κ3) is 5.93. The van der Waals surface area contributed by atoms with E-state index < -0.39 is 0 Å². The van der Waals surface area contributed by atoms with Gasteiger partial charge in [0.1, 0.15) is 12.4 Å². The van der Waals surface area contributed by atoms with Crippen LogP contribution in [0.1, 0.15) is 18.1 Å². The molecule has 9 heteroatoms. The molecular weight excluding hydrogens is 525 g/mol. The largest absolute Gasteiger partial charge is 0.497 e. The maximum absolute atomic E-state index is 13.1. The molecular formula is C26H21Cl2NO4S2. The number of hydrogen-bond acceptors (Lipinski definition) is 6. The summed E-state index contributed by atoms with van der Waals surface area (Å²) in [5.41, 5.74) is 2.32. The summed E-state index contributed by atoms with van der Waals surface area (Å²) in [4.78, 5) is 15.1. The van der Waals surface area contributed by atoms with Crippen LogP contribution in [0.4, 0.5) is 5.69 Å². The normalized spacial score (nSPS) is 14.5. The maximum Gasteiger partial charge on any atom is 0.270 e. The number of halogens is 2. The van der Waals surface area contributed by atoms with E-state index in [0.717, 1.165) is 5.56 Å². The maximum atomic E-state index is 13.1. The molecule has 1 fully saturated rings. The number of benzene rings is 3. The molecule has 0 aromatic heterocycles. The van der Waals surface area contributed by atoms with Gasteiger partial charge in [-0.15, -0.1) is 0 Å². The minimum Gasteiger partial charge on any atom is -0.497 e. The van der Waals surface area contributed by atoms with E-state index in [1.165, 1.54) is 16.7 Å². The van der Waals surface area contributed by atoms with Crippen LogP contribution in [0.3, 0.4) is 0 Å². The molecule has 0 spiro atoms. The minimum atomic E-state index is -0.206. The van der Waals surface area contributed by atoms with E-state index in [0.29, 0.717) is 61.0 Å². The van der Waals surface area contributed by atoms with E-state index in [1.807, 2.05) is 19.1 Å². The van der Waals surface area contributed by atoms with Crippen molar-refractivity contribution in [2.45, 2.75) is 13.5 Å². The minimum absolute atomic E-state index is 0.206. The monoisotopic (exact) mass is 545 g/mol. The highest BCUT2D eigenvalue weighted by Crippen LogP contribution is 2.40. The zero-order chi connectivity index (χ0) is 24.9. The number of methoxy groups -OCH3 is 1. The highest BCUT2D eigenvalue weighted by Gasteiger charge is 2.33. The molecule has 3 aromatic rings. The van der Waals surface area contributed by atoms with Crippen molar-refractivity contribution in [3.8, 4) is 17.2 Å². The van der Waals surface area contributed by atoms with Crippen LogP contribution in [0.15, 0.2) is 65.6 Å². The summed E-state index contributed by atoms with van der Waals surface area (Å²) < 4.78 is 17.4. The third-order valence-corrected chi connectivity index (χ3v) is 6.89. The number of amides is 1. The van der Waals surface area contributed by atoms with E-state index in [2.05, 4.69) is 0 Å². The average molecular weight is 546 g/mol. The van der Waals surface area contributed by atoms with Crippen LogP contribution in [-0.4, -0.2) is 23.9 Å². The van der Waals surface area contributed by atoms with Gasteiger partial charge < -0.3 is 14.2 Å². The van der Waals surface area contributed by atoms with Gasteiger partial charge in [0, 0.05) is 5.02 Å². The number of rotatable bonds is 8. The number of carbonyl (C=O) groups excluding carboxylic acids is 1. The lowest BCUT2D eigenvalue weighted by atomic mass is 10.1. The van der Waals surface area contributed by atoms with Crippen LogP contribution >= 0.6 is 47.2 Å². The van der Waals surface area contributed by atoms with Crippen LogP contribution in [0.2, 0.25) is 10.0 Å². The SMILES string of the molecule is CCOc1cc(/C=C2\SC(=S)N(c3ccc(OC)cc3)C2=O)cc(Cl)c1OCc1ccc(Cl)cc1. The van der Waals surface area contributed by atoms with Gasteiger partial charge in [-0.1, -0.05) is 59.3 Å². The first-order valence-electron chi connectivity index (χ1n) is 10.6. The Labute approximate surface area is 223 Å². The Bertz CT molecular complexity index is 1280. The van der Waals surface area contributed by atoms with Crippen molar-refractivity contribution >= 4 is 69.2 Å². The van der Waals surface area contributed by atoms with Gasteiger partial charge in [0.2, 0.25) is 0 Å². The Morgan fingerprint density at radius 2 is 1.74 bits per heavy atom. The fourth-order valence-corrected chi connectivity index (χ4v) is 5.08. The van der Waals surface area contributed by atoms with Crippen molar-refractivity contribution in [3.63, 3.8) is 0 Å². The average Bonchev–Trinajstić information content (AvgIpc) is 3.12. The van der Waals surface area contributed by atoms with Gasteiger partial charge in [-0.05, 0) is 72.7 Å². The molecule has 0 aliphatic carbocycles. The number of anilines is 1. The van der Waals surface area contributed by atoms with Crippen LogP contribution in [0.5, 0.6) is 17.2 Å². The fraction of sp³-hybridized carbons (Fsp3) is 0.154. The van der Waals surface area contributed by atoms with E-state index in [-0.39, 0.29) is 5.91 Å². The topological polar surface area (TPSA) is 48.0 Å². The summed E-state index contributed by atoms with van der Waals surface area (Å²) in [7, 11) is 1.59. The number of nitrogens with zero attached hydrogens (tertiary/aromatic N) is 1. The first-order chi connectivity index (χ1) is 16.9. The van der Waals surface area contributed by atoms with Crippen molar-refractivity contribution in [2.24, 2.45) is 0 Å². The number of ether oxygens (including phenoxy) is 3. The Kier molecular flexibility index (Phi) is 8.23. The summed E-state index contributed by atoms with van der Waals surface area (Å²) in [5, 5.41) is 1.03. The predicted octanol–water partition coefficient (Wildman–Crippen LogP) is 7.39. The molecule has 35 heavy (non-hydrogen) atoms. The fourth-order valence-electron chi connectivity index (χ4n) is 3.38. The second-order valence-corrected chi connectivity index (χ2v) is 9.91. The van der Waals surface area contributed by atoms with Crippen molar-refractivity contribution < 1.29 is 19.0 Å². The Balaban J connectivity index is 1.58. The van der Waals surface area contributed by atoms with Gasteiger partial charge in [0.05, 0.1) is 29.3 Å². The predicted molar refractivity (Wildman–Crippen MR) is 147 cm³/mol. The van der Waals surface area contributed by atoms with E-state index in [9.17, 15) is 4.79 Å². The molecule has 0 unspecified atom stereocenters. The molecule has 4 rings (SSSR count). The van der Waals surface area contributed by atoms with Crippen molar-refractivity contribution in [3.05, 3.63) is 86.7 Å². The van der Waals surface area contributed by atoms with Gasteiger partial charge in [0.15, 0.2) is 15.8 Å². The first kappa shape index (κ1) is 25.4. The van der Waals surface area contributed by atoms with Crippen LogP contribution in [0, 0.1) is 0 Å². The lowest BCUT2D eigenvalue weighted by Gasteiger charge is -2.15. The van der Waals surface area contributed by atoms with E-state index >= 15 is 0 Å². The van der Waals surface area contributed by atoms with Gasteiger partial charge in [-0.3, -0.25) is 9.69 Å². The Morgan fingerprint density at radius 3 is 2.40 bits per heavy atom.